The van der Waals surface area contributed by atoms with Crippen LogP contribution < -0.4 is 4.90 Å². The zero-order chi connectivity index (χ0) is 12.0. The maximum absolute atomic E-state index is 10.9. The smallest absolute Gasteiger partial charge is 0.185 e. The van der Waals surface area contributed by atoms with Crippen LogP contribution in [0, 0.1) is 0 Å². The summed E-state index contributed by atoms with van der Waals surface area (Å²) < 4.78 is 0. The van der Waals surface area contributed by atoms with E-state index in [1.807, 2.05) is 18.8 Å². The van der Waals surface area contributed by atoms with Crippen LogP contribution in [0.4, 0.5) is 5.13 Å². The number of anilines is 1. The molecule has 3 nitrogen and oxygen atoms in total. The number of aryl methyl sites for hydroxylation is 1. The van der Waals surface area contributed by atoms with Gasteiger partial charge in [-0.15, -0.1) is 0 Å². The minimum absolute atomic E-state index is 0.785. The Balaban J connectivity index is 2.76. The van der Waals surface area contributed by atoms with Crippen LogP contribution in [0.2, 0.25) is 0 Å². The number of thiazole rings is 1. The molecule has 0 bridgehead atoms. The van der Waals surface area contributed by atoms with Gasteiger partial charge in [0, 0.05) is 19.3 Å². The van der Waals surface area contributed by atoms with E-state index in [0.29, 0.717) is 0 Å². The van der Waals surface area contributed by atoms with Gasteiger partial charge in [0.15, 0.2) is 11.4 Å². The Bertz CT molecular complexity index is 339. The van der Waals surface area contributed by atoms with Crippen LogP contribution in [-0.2, 0) is 6.42 Å². The molecule has 0 spiro atoms. The maximum atomic E-state index is 10.9. The SMILES string of the molecule is CCCc1nc(N(C)CCSC)sc1C=O. The molecule has 0 saturated carbocycles. The number of hydrogen-bond donors (Lipinski definition) is 0. The molecule has 0 saturated heterocycles. The zero-order valence-corrected chi connectivity index (χ0v) is 11.7. The van der Waals surface area contributed by atoms with E-state index in [-0.39, 0.29) is 0 Å². The molecule has 90 valence electrons. The van der Waals surface area contributed by atoms with Crippen LogP contribution >= 0.6 is 23.1 Å². The van der Waals surface area contributed by atoms with Crippen molar-refractivity contribution in [3.05, 3.63) is 10.6 Å². The fraction of sp³-hybridized carbons (Fsp3) is 0.636. The van der Waals surface area contributed by atoms with E-state index < -0.39 is 0 Å². The molecule has 16 heavy (non-hydrogen) atoms. The van der Waals surface area contributed by atoms with Crippen LogP contribution in [0.15, 0.2) is 0 Å². The quantitative estimate of drug-likeness (QED) is 0.704. The number of aromatic nitrogens is 1. The lowest BCUT2D eigenvalue weighted by Crippen LogP contribution is -2.19. The van der Waals surface area contributed by atoms with Gasteiger partial charge in [0.2, 0.25) is 0 Å². The van der Waals surface area contributed by atoms with E-state index in [1.165, 1.54) is 11.3 Å². The Morgan fingerprint density at radius 2 is 2.31 bits per heavy atom. The predicted molar refractivity (Wildman–Crippen MR) is 73.1 cm³/mol. The molecule has 1 aromatic heterocycles. The van der Waals surface area contributed by atoms with Crippen molar-refractivity contribution in [2.75, 3.05) is 30.5 Å². The van der Waals surface area contributed by atoms with E-state index >= 15 is 0 Å². The lowest BCUT2D eigenvalue weighted by atomic mass is 10.2. The molecule has 0 aliphatic rings. The molecule has 0 unspecified atom stereocenters. The summed E-state index contributed by atoms with van der Waals surface area (Å²) in [6.45, 7) is 3.07. The summed E-state index contributed by atoms with van der Waals surface area (Å²) in [6, 6.07) is 0. The summed E-state index contributed by atoms with van der Waals surface area (Å²) in [6.07, 6.45) is 4.93. The third-order valence-electron chi connectivity index (χ3n) is 2.27. The minimum atomic E-state index is 0.785. The highest BCUT2D eigenvalue weighted by Crippen LogP contribution is 2.25. The molecule has 0 amide bonds. The van der Waals surface area contributed by atoms with E-state index in [1.54, 1.807) is 0 Å². The predicted octanol–water partition coefficient (Wildman–Crippen LogP) is 2.71. The minimum Gasteiger partial charge on any atom is -0.350 e. The van der Waals surface area contributed by atoms with Crippen molar-refractivity contribution in [2.24, 2.45) is 0 Å². The van der Waals surface area contributed by atoms with Crippen LogP contribution in [0.25, 0.3) is 0 Å². The highest BCUT2D eigenvalue weighted by molar-refractivity contribution is 7.98. The van der Waals surface area contributed by atoms with Crippen LogP contribution in [-0.4, -0.2) is 36.9 Å². The van der Waals surface area contributed by atoms with Gasteiger partial charge >= 0.3 is 0 Å². The highest BCUT2D eigenvalue weighted by atomic mass is 32.2. The standard InChI is InChI=1S/C11H18N2OS2/c1-4-5-9-10(8-14)16-11(12-9)13(2)6-7-15-3/h8H,4-7H2,1-3H3. The van der Waals surface area contributed by atoms with E-state index in [2.05, 4.69) is 23.1 Å². The van der Waals surface area contributed by atoms with Crippen molar-refractivity contribution in [3.63, 3.8) is 0 Å². The summed E-state index contributed by atoms with van der Waals surface area (Å²) in [4.78, 5) is 18.3. The van der Waals surface area contributed by atoms with Gasteiger partial charge in [-0.3, -0.25) is 4.79 Å². The molecule has 0 aliphatic carbocycles. The first kappa shape index (κ1) is 13.5. The van der Waals surface area contributed by atoms with E-state index in [4.69, 9.17) is 0 Å². The summed E-state index contributed by atoms with van der Waals surface area (Å²) in [5, 5.41) is 0.958. The number of nitrogens with zero attached hydrogens (tertiary/aromatic N) is 2. The van der Waals surface area contributed by atoms with E-state index in [0.717, 1.165) is 47.1 Å². The van der Waals surface area contributed by atoms with Gasteiger partial charge in [0.25, 0.3) is 0 Å². The highest BCUT2D eigenvalue weighted by Gasteiger charge is 2.12. The Kier molecular flexibility index (Phi) is 5.84. The number of thioether (sulfide) groups is 1. The molecule has 0 aromatic carbocycles. The Morgan fingerprint density at radius 3 is 2.88 bits per heavy atom. The molecular formula is C11H18N2OS2. The van der Waals surface area contributed by atoms with Crippen molar-refractivity contribution >= 4 is 34.5 Å². The number of rotatable bonds is 7. The summed E-state index contributed by atoms with van der Waals surface area (Å²) in [5.74, 6) is 1.08. The summed E-state index contributed by atoms with van der Waals surface area (Å²) in [5.41, 5.74) is 0.952. The van der Waals surface area contributed by atoms with Gasteiger partial charge < -0.3 is 4.90 Å². The third-order valence-corrected chi connectivity index (χ3v) is 4.00. The normalized spacial score (nSPS) is 10.4. The summed E-state index contributed by atoms with van der Waals surface area (Å²) >= 11 is 3.31. The lowest BCUT2D eigenvalue weighted by Gasteiger charge is -2.14. The van der Waals surface area contributed by atoms with Crippen molar-refractivity contribution in [1.29, 1.82) is 0 Å². The first-order valence-electron chi connectivity index (χ1n) is 5.37. The molecule has 0 radical (unpaired) electrons. The van der Waals surface area contributed by atoms with Crippen LogP contribution in [0.1, 0.15) is 28.7 Å². The average Bonchev–Trinajstić information content (AvgIpc) is 2.69. The first-order chi connectivity index (χ1) is 7.72. The molecule has 0 N–H and O–H groups in total. The second-order valence-electron chi connectivity index (χ2n) is 3.59. The topological polar surface area (TPSA) is 33.2 Å². The Labute approximate surface area is 105 Å². The van der Waals surface area contributed by atoms with Gasteiger partial charge in [-0.25, -0.2) is 4.98 Å². The van der Waals surface area contributed by atoms with Crippen molar-refractivity contribution in [3.8, 4) is 0 Å². The van der Waals surface area contributed by atoms with Gasteiger partial charge in [0.05, 0.1) is 10.6 Å². The molecule has 1 aromatic rings. The second kappa shape index (κ2) is 6.91. The number of hydrogen-bond acceptors (Lipinski definition) is 5. The molecule has 0 atom stereocenters. The second-order valence-corrected chi connectivity index (χ2v) is 5.58. The molecule has 1 rings (SSSR count). The van der Waals surface area contributed by atoms with Crippen LogP contribution in [0.3, 0.4) is 0 Å². The van der Waals surface area contributed by atoms with Crippen LogP contribution in [0.5, 0.6) is 0 Å². The Morgan fingerprint density at radius 1 is 1.56 bits per heavy atom. The van der Waals surface area contributed by atoms with Crippen molar-refractivity contribution in [1.82, 2.24) is 4.98 Å². The number of carbonyl (C=O) groups is 1. The average molecular weight is 258 g/mol. The molecule has 0 aliphatic heterocycles. The maximum Gasteiger partial charge on any atom is 0.185 e. The van der Waals surface area contributed by atoms with Crippen molar-refractivity contribution < 1.29 is 4.79 Å². The lowest BCUT2D eigenvalue weighted by molar-refractivity contribution is 0.112. The molecule has 5 heteroatoms. The van der Waals surface area contributed by atoms with Gasteiger partial charge in [-0.2, -0.15) is 11.8 Å². The van der Waals surface area contributed by atoms with Gasteiger partial charge in [-0.05, 0) is 12.7 Å². The number of carbonyl (C=O) groups excluding carboxylic acids is 1. The fourth-order valence-corrected chi connectivity index (χ4v) is 2.72. The largest absolute Gasteiger partial charge is 0.350 e. The summed E-state index contributed by atoms with van der Waals surface area (Å²) in [7, 11) is 2.03. The Hall–Kier alpha value is -0.550. The molecule has 0 fully saturated rings. The molecular weight excluding hydrogens is 240 g/mol. The molecule has 1 heterocycles. The van der Waals surface area contributed by atoms with E-state index in [9.17, 15) is 4.79 Å². The zero-order valence-electron chi connectivity index (χ0n) is 10.0. The fourth-order valence-electron chi connectivity index (χ4n) is 1.35. The monoisotopic (exact) mass is 258 g/mol. The van der Waals surface area contributed by atoms with Gasteiger partial charge in [-0.1, -0.05) is 24.7 Å². The number of aldehydes is 1. The third kappa shape index (κ3) is 3.49. The van der Waals surface area contributed by atoms with Crippen molar-refractivity contribution in [2.45, 2.75) is 19.8 Å². The first-order valence-corrected chi connectivity index (χ1v) is 7.58. The van der Waals surface area contributed by atoms with Gasteiger partial charge in [0.1, 0.15) is 0 Å².